The molecule has 0 aromatic carbocycles. The molecule has 1 aromatic heterocycles. The molecule has 0 unspecified atom stereocenters. The van der Waals surface area contributed by atoms with Crippen LogP contribution in [0.3, 0.4) is 0 Å². The molecule has 0 aliphatic heterocycles. The SMILES string of the molecule is NC(=O)OCCC(=O)Nc1cnn(CCF)c1N. The molecule has 0 aliphatic rings. The Hall–Kier alpha value is -2.32. The highest BCUT2D eigenvalue weighted by Crippen LogP contribution is 2.17. The molecule has 0 aliphatic carbocycles. The fourth-order valence-corrected chi connectivity index (χ4v) is 1.21. The largest absolute Gasteiger partial charge is 0.449 e. The molecule has 9 heteroatoms. The number of anilines is 2. The van der Waals surface area contributed by atoms with Gasteiger partial charge in [0.15, 0.2) is 0 Å². The summed E-state index contributed by atoms with van der Waals surface area (Å²) in [5, 5.41) is 6.26. The lowest BCUT2D eigenvalue weighted by atomic mass is 10.4. The second kappa shape index (κ2) is 6.42. The summed E-state index contributed by atoms with van der Waals surface area (Å²) in [4.78, 5) is 21.7. The Morgan fingerprint density at radius 2 is 2.28 bits per heavy atom. The lowest BCUT2D eigenvalue weighted by Crippen LogP contribution is -2.19. The summed E-state index contributed by atoms with van der Waals surface area (Å²) in [5.41, 5.74) is 10.6. The smallest absolute Gasteiger partial charge is 0.404 e. The van der Waals surface area contributed by atoms with E-state index in [0.717, 1.165) is 0 Å². The number of aryl methyl sites for hydroxylation is 1. The van der Waals surface area contributed by atoms with E-state index in [-0.39, 0.29) is 31.1 Å². The number of rotatable bonds is 6. The summed E-state index contributed by atoms with van der Waals surface area (Å²) < 4.78 is 17.7. The van der Waals surface area contributed by atoms with Crippen LogP contribution in [0.5, 0.6) is 0 Å². The molecule has 0 atom stereocenters. The Kier molecular flexibility index (Phi) is 4.90. The molecule has 0 bridgehead atoms. The highest BCUT2D eigenvalue weighted by molar-refractivity contribution is 5.93. The van der Waals surface area contributed by atoms with E-state index in [2.05, 4.69) is 15.2 Å². The molecule has 18 heavy (non-hydrogen) atoms. The molecule has 2 amide bonds. The summed E-state index contributed by atoms with van der Waals surface area (Å²) >= 11 is 0. The maximum absolute atomic E-state index is 12.1. The number of nitrogens with zero attached hydrogens (tertiary/aromatic N) is 2. The number of ether oxygens (including phenoxy) is 1. The minimum Gasteiger partial charge on any atom is -0.449 e. The van der Waals surface area contributed by atoms with Gasteiger partial charge in [-0.3, -0.25) is 4.79 Å². The van der Waals surface area contributed by atoms with Crippen LogP contribution in [0.15, 0.2) is 6.20 Å². The van der Waals surface area contributed by atoms with Crippen LogP contribution < -0.4 is 16.8 Å². The first-order valence-electron chi connectivity index (χ1n) is 5.14. The van der Waals surface area contributed by atoms with E-state index < -0.39 is 18.7 Å². The quantitative estimate of drug-likeness (QED) is 0.655. The number of carbonyl (C=O) groups is 2. The van der Waals surface area contributed by atoms with Gasteiger partial charge < -0.3 is 21.5 Å². The van der Waals surface area contributed by atoms with Crippen LogP contribution in [0.4, 0.5) is 20.7 Å². The predicted molar refractivity (Wildman–Crippen MR) is 61.4 cm³/mol. The van der Waals surface area contributed by atoms with E-state index in [1.54, 1.807) is 0 Å². The minimum absolute atomic E-state index is 0.0203. The number of amides is 2. The Bertz CT molecular complexity index is 434. The molecule has 0 spiro atoms. The van der Waals surface area contributed by atoms with Gasteiger partial charge in [-0.05, 0) is 0 Å². The standard InChI is InChI=1S/C9H14FN5O3/c10-2-3-15-8(11)6(5-13-15)14-7(16)1-4-18-9(12)17/h5H,1-4,11H2,(H2,12,17)(H,14,16). The third-order valence-electron chi connectivity index (χ3n) is 2.02. The van der Waals surface area contributed by atoms with Crippen molar-refractivity contribution in [1.29, 1.82) is 0 Å². The molecule has 0 saturated carbocycles. The average Bonchev–Trinajstić information content (AvgIpc) is 2.62. The zero-order valence-corrected chi connectivity index (χ0v) is 9.56. The van der Waals surface area contributed by atoms with Gasteiger partial charge in [-0.15, -0.1) is 0 Å². The lowest BCUT2D eigenvalue weighted by molar-refractivity contribution is -0.116. The fourth-order valence-electron chi connectivity index (χ4n) is 1.21. The maximum Gasteiger partial charge on any atom is 0.404 e. The van der Waals surface area contributed by atoms with Crippen molar-refractivity contribution >= 4 is 23.5 Å². The van der Waals surface area contributed by atoms with Crippen LogP contribution in [0.1, 0.15) is 6.42 Å². The van der Waals surface area contributed by atoms with E-state index in [9.17, 15) is 14.0 Å². The Morgan fingerprint density at radius 1 is 1.56 bits per heavy atom. The average molecular weight is 259 g/mol. The van der Waals surface area contributed by atoms with Crippen molar-refractivity contribution in [2.24, 2.45) is 5.73 Å². The van der Waals surface area contributed by atoms with Gasteiger partial charge in [0.05, 0.1) is 19.2 Å². The number of aromatic nitrogens is 2. The molecule has 1 rings (SSSR count). The summed E-state index contributed by atoms with van der Waals surface area (Å²) in [6.07, 6.45) is 0.312. The zero-order valence-electron chi connectivity index (χ0n) is 9.56. The van der Waals surface area contributed by atoms with Gasteiger partial charge >= 0.3 is 6.09 Å². The van der Waals surface area contributed by atoms with Crippen LogP contribution in [0.2, 0.25) is 0 Å². The molecule has 1 aromatic rings. The van der Waals surface area contributed by atoms with Crippen molar-refractivity contribution in [2.45, 2.75) is 13.0 Å². The Balaban J connectivity index is 2.46. The Labute approximate surface area is 102 Å². The minimum atomic E-state index is -0.946. The van der Waals surface area contributed by atoms with Crippen LogP contribution in [0.25, 0.3) is 0 Å². The van der Waals surface area contributed by atoms with Crippen molar-refractivity contribution in [1.82, 2.24) is 9.78 Å². The third-order valence-corrected chi connectivity index (χ3v) is 2.02. The molecule has 0 fully saturated rings. The first-order chi connectivity index (χ1) is 8.54. The normalized spacial score (nSPS) is 10.1. The molecular weight excluding hydrogens is 245 g/mol. The number of halogens is 1. The Morgan fingerprint density at radius 3 is 2.89 bits per heavy atom. The summed E-state index contributed by atoms with van der Waals surface area (Å²) in [7, 11) is 0. The number of nitrogens with two attached hydrogens (primary N) is 2. The third kappa shape index (κ3) is 3.92. The molecule has 0 saturated heterocycles. The van der Waals surface area contributed by atoms with E-state index in [0.29, 0.717) is 0 Å². The highest BCUT2D eigenvalue weighted by atomic mass is 19.1. The number of primary amides is 1. The van der Waals surface area contributed by atoms with Crippen LogP contribution >= 0.6 is 0 Å². The number of hydrogen-bond donors (Lipinski definition) is 3. The number of carbonyl (C=O) groups excluding carboxylic acids is 2. The number of nitrogen functional groups attached to an aromatic ring is 1. The second-order valence-electron chi connectivity index (χ2n) is 3.32. The van der Waals surface area contributed by atoms with Gasteiger partial charge in [0.2, 0.25) is 5.91 Å². The van der Waals surface area contributed by atoms with Crippen molar-refractivity contribution in [3.05, 3.63) is 6.20 Å². The van der Waals surface area contributed by atoms with Gasteiger partial charge in [0, 0.05) is 0 Å². The summed E-state index contributed by atoms with van der Waals surface area (Å²) in [5.74, 6) is -0.250. The summed E-state index contributed by atoms with van der Waals surface area (Å²) in [6.45, 7) is -0.710. The van der Waals surface area contributed by atoms with Crippen molar-refractivity contribution in [3.8, 4) is 0 Å². The first-order valence-corrected chi connectivity index (χ1v) is 5.14. The predicted octanol–water partition coefficient (Wildman–Crippen LogP) is -0.141. The molecule has 100 valence electrons. The zero-order chi connectivity index (χ0) is 13.5. The number of hydrogen-bond acceptors (Lipinski definition) is 5. The number of alkyl halides is 1. The van der Waals surface area contributed by atoms with E-state index in [1.807, 2.05) is 0 Å². The van der Waals surface area contributed by atoms with Crippen LogP contribution in [0, 0.1) is 0 Å². The van der Waals surface area contributed by atoms with E-state index in [4.69, 9.17) is 11.5 Å². The molecule has 1 heterocycles. The monoisotopic (exact) mass is 259 g/mol. The summed E-state index contributed by atoms with van der Waals surface area (Å²) in [6, 6.07) is 0. The molecule has 8 nitrogen and oxygen atoms in total. The van der Waals surface area contributed by atoms with Crippen molar-refractivity contribution in [3.63, 3.8) is 0 Å². The topological polar surface area (TPSA) is 125 Å². The highest BCUT2D eigenvalue weighted by Gasteiger charge is 2.10. The molecular formula is C9H14FN5O3. The van der Waals surface area contributed by atoms with Crippen LogP contribution in [-0.2, 0) is 16.1 Å². The number of nitrogens with one attached hydrogen (secondary N) is 1. The fraction of sp³-hybridized carbons (Fsp3) is 0.444. The maximum atomic E-state index is 12.1. The van der Waals surface area contributed by atoms with Gasteiger partial charge in [0.25, 0.3) is 0 Å². The van der Waals surface area contributed by atoms with Crippen molar-refractivity contribution in [2.75, 3.05) is 24.3 Å². The van der Waals surface area contributed by atoms with Crippen molar-refractivity contribution < 1.29 is 18.7 Å². The van der Waals surface area contributed by atoms with Crippen LogP contribution in [-0.4, -0.2) is 35.1 Å². The molecule has 0 radical (unpaired) electrons. The van der Waals surface area contributed by atoms with Gasteiger partial charge in [-0.2, -0.15) is 5.10 Å². The van der Waals surface area contributed by atoms with E-state index in [1.165, 1.54) is 10.9 Å². The van der Waals surface area contributed by atoms with E-state index >= 15 is 0 Å². The van der Waals surface area contributed by atoms with Gasteiger partial charge in [0.1, 0.15) is 24.8 Å². The lowest BCUT2D eigenvalue weighted by Gasteiger charge is -2.05. The second-order valence-corrected chi connectivity index (χ2v) is 3.32. The van der Waals surface area contributed by atoms with Gasteiger partial charge in [-0.25, -0.2) is 13.9 Å². The molecule has 5 N–H and O–H groups in total. The first kappa shape index (κ1) is 13.7. The van der Waals surface area contributed by atoms with Gasteiger partial charge in [-0.1, -0.05) is 0 Å².